The minimum Gasteiger partial charge on any atom is -0.310 e. The smallest absolute Gasteiger partial charge is 0.0726 e. The molecule has 0 atom stereocenters. The number of rotatable bonds is 10. The van der Waals surface area contributed by atoms with Crippen LogP contribution in [0.25, 0.3) is 94.3 Å². The van der Waals surface area contributed by atoms with Gasteiger partial charge in [-0.3, -0.25) is 0 Å². The third-order valence-electron chi connectivity index (χ3n) is 19.9. The van der Waals surface area contributed by atoms with Crippen LogP contribution in [0.5, 0.6) is 0 Å². The molecule has 0 bridgehead atoms. The van der Waals surface area contributed by atoms with Crippen molar-refractivity contribution < 1.29 is 0 Å². The van der Waals surface area contributed by atoms with Crippen LogP contribution in [0.3, 0.4) is 0 Å². The minimum absolute atomic E-state index is 0.470. The van der Waals surface area contributed by atoms with Crippen LogP contribution in [0.1, 0.15) is 96.6 Å². The lowest BCUT2D eigenvalue weighted by molar-refractivity contribution is 0.724. The van der Waals surface area contributed by atoms with Crippen LogP contribution < -0.4 is 4.90 Å². The van der Waals surface area contributed by atoms with E-state index in [1.807, 2.05) is 0 Å². The summed E-state index contributed by atoms with van der Waals surface area (Å²) in [6, 6.07) is 106. The fraction of sp³-hybridized carbons (Fsp3) is 0.133. The summed E-state index contributed by atoms with van der Waals surface area (Å²) in [5, 5.41) is 2.80. The maximum absolute atomic E-state index is 2.55. The molecule has 17 rings (SSSR count). The van der Waals surface area contributed by atoms with Gasteiger partial charge in [-0.15, -0.1) is 0 Å². The second-order valence-corrected chi connectivity index (χ2v) is 24.4. The number of fused-ring (bicyclic) bond motifs is 13. The van der Waals surface area contributed by atoms with Crippen molar-refractivity contribution in [1.29, 1.82) is 0 Å². The average Bonchev–Trinajstić information content (AvgIpc) is 1.55. The van der Waals surface area contributed by atoms with Gasteiger partial charge in [-0.1, -0.05) is 232 Å². The summed E-state index contributed by atoms with van der Waals surface area (Å²) >= 11 is 0. The molecular formula is C83H64N2. The first kappa shape index (κ1) is 49.8. The Morgan fingerprint density at radius 1 is 0.294 bits per heavy atom. The van der Waals surface area contributed by atoms with Crippen molar-refractivity contribution in [2.75, 3.05) is 4.90 Å². The van der Waals surface area contributed by atoms with Gasteiger partial charge in [-0.25, -0.2) is 0 Å². The Hall–Kier alpha value is -9.76. The molecule has 85 heavy (non-hydrogen) atoms. The molecule has 0 unspecified atom stereocenters. The van der Waals surface area contributed by atoms with Crippen LogP contribution in [-0.2, 0) is 5.41 Å². The largest absolute Gasteiger partial charge is 0.310 e. The number of anilines is 3. The first-order valence-electron chi connectivity index (χ1n) is 31.0. The molecule has 4 aliphatic rings. The number of hydrogen-bond donors (Lipinski definition) is 0. The molecule has 0 aliphatic heterocycles. The van der Waals surface area contributed by atoms with E-state index >= 15 is 0 Å². The van der Waals surface area contributed by atoms with Crippen molar-refractivity contribution in [2.45, 2.75) is 68.6 Å². The van der Waals surface area contributed by atoms with E-state index in [9.17, 15) is 0 Å². The zero-order chi connectivity index (χ0) is 56.0. The highest BCUT2D eigenvalue weighted by Gasteiger charge is 2.51. The van der Waals surface area contributed by atoms with Crippen molar-refractivity contribution in [3.63, 3.8) is 0 Å². The Kier molecular flexibility index (Phi) is 11.9. The highest BCUT2D eigenvalue weighted by molar-refractivity contribution is 6.10. The van der Waals surface area contributed by atoms with E-state index in [1.54, 1.807) is 0 Å². The number of aromatic nitrogens is 1. The van der Waals surface area contributed by atoms with Crippen LogP contribution in [0, 0.1) is 0 Å². The van der Waals surface area contributed by atoms with Gasteiger partial charge in [0.1, 0.15) is 0 Å². The second kappa shape index (κ2) is 20.2. The van der Waals surface area contributed by atoms with Gasteiger partial charge in [0.05, 0.1) is 22.1 Å². The summed E-state index contributed by atoms with van der Waals surface area (Å²) in [6.45, 7) is 0. The molecule has 0 amide bonds. The summed E-state index contributed by atoms with van der Waals surface area (Å²) in [5.41, 5.74) is 29.7. The Labute approximate surface area is 499 Å². The van der Waals surface area contributed by atoms with Gasteiger partial charge in [0, 0.05) is 33.4 Å². The lowest BCUT2D eigenvalue weighted by Crippen LogP contribution is -2.26. The van der Waals surface area contributed by atoms with E-state index in [0.29, 0.717) is 11.8 Å². The van der Waals surface area contributed by atoms with Gasteiger partial charge in [0.2, 0.25) is 0 Å². The number of benzene rings is 12. The van der Waals surface area contributed by atoms with E-state index in [4.69, 9.17) is 0 Å². The Balaban J connectivity index is 0.742. The Bertz CT molecular complexity index is 4550. The lowest BCUT2D eigenvalue weighted by atomic mass is 9.70. The molecule has 4 aliphatic carbocycles. The van der Waals surface area contributed by atoms with Crippen LogP contribution in [0.4, 0.5) is 17.1 Å². The third-order valence-corrected chi connectivity index (χ3v) is 19.9. The first-order valence-corrected chi connectivity index (χ1v) is 31.0. The second-order valence-electron chi connectivity index (χ2n) is 24.4. The predicted octanol–water partition coefficient (Wildman–Crippen LogP) is 22.6. The maximum Gasteiger partial charge on any atom is 0.0726 e. The normalized spacial score (nSPS) is 14.9. The van der Waals surface area contributed by atoms with Crippen molar-refractivity contribution in [2.24, 2.45) is 0 Å². The highest BCUT2D eigenvalue weighted by Crippen LogP contribution is 2.63. The fourth-order valence-electron chi connectivity index (χ4n) is 15.9. The molecule has 2 saturated carbocycles. The summed E-state index contributed by atoms with van der Waals surface area (Å²) in [5.74, 6) is 1.37. The molecule has 0 N–H and O–H groups in total. The van der Waals surface area contributed by atoms with E-state index in [0.717, 1.165) is 17.1 Å². The first-order chi connectivity index (χ1) is 42.1. The van der Waals surface area contributed by atoms with Crippen molar-refractivity contribution >= 4 is 38.9 Å². The quantitative estimate of drug-likeness (QED) is 0.132. The minimum atomic E-state index is -0.470. The fourth-order valence-corrected chi connectivity index (χ4v) is 15.9. The lowest BCUT2D eigenvalue weighted by Gasteiger charge is -2.33. The van der Waals surface area contributed by atoms with E-state index in [2.05, 4.69) is 289 Å². The highest BCUT2D eigenvalue weighted by atomic mass is 15.1. The SMILES string of the molecule is c1ccc(-c2ccc(N(c3ccc(-c4ccc(-c5ccc(-n6c7ccc(C8CCCC8)cc7c7cc(C8CCCC8)ccc76)cc5)cc4)cc3)c3ccc4c(c3)C3(c5ccccc5-c5ccccc53)c3ccccc3-4)c(-c3ccccc3)c2)cc1. The Morgan fingerprint density at radius 2 is 0.706 bits per heavy atom. The zero-order valence-corrected chi connectivity index (χ0v) is 47.8. The molecule has 1 heterocycles. The molecule has 2 nitrogen and oxygen atoms in total. The third kappa shape index (κ3) is 8.06. The van der Waals surface area contributed by atoms with Crippen LogP contribution in [-0.4, -0.2) is 4.57 Å². The predicted molar refractivity (Wildman–Crippen MR) is 356 cm³/mol. The average molecular weight is 1090 g/mol. The molecule has 2 heteroatoms. The van der Waals surface area contributed by atoms with Crippen molar-refractivity contribution in [1.82, 2.24) is 4.57 Å². The summed E-state index contributed by atoms with van der Waals surface area (Å²) < 4.78 is 2.51. The van der Waals surface area contributed by atoms with E-state index in [1.165, 1.54) is 179 Å². The molecular weight excluding hydrogens is 1020 g/mol. The maximum atomic E-state index is 2.55. The van der Waals surface area contributed by atoms with E-state index in [-0.39, 0.29) is 0 Å². The van der Waals surface area contributed by atoms with Crippen LogP contribution in [0.15, 0.2) is 279 Å². The number of nitrogens with zero attached hydrogens (tertiary/aromatic N) is 2. The van der Waals surface area contributed by atoms with Gasteiger partial charge < -0.3 is 9.47 Å². The number of hydrogen-bond acceptors (Lipinski definition) is 1. The molecule has 1 aromatic heterocycles. The topological polar surface area (TPSA) is 8.17 Å². The summed E-state index contributed by atoms with van der Waals surface area (Å²) in [7, 11) is 0. The summed E-state index contributed by atoms with van der Waals surface area (Å²) in [6.07, 6.45) is 10.6. The van der Waals surface area contributed by atoms with Gasteiger partial charge in [-0.05, 0) is 205 Å². The van der Waals surface area contributed by atoms with Gasteiger partial charge in [0.15, 0.2) is 0 Å². The Morgan fingerprint density at radius 3 is 1.22 bits per heavy atom. The van der Waals surface area contributed by atoms with Gasteiger partial charge in [-0.2, -0.15) is 0 Å². The molecule has 406 valence electrons. The zero-order valence-electron chi connectivity index (χ0n) is 47.8. The molecule has 13 aromatic rings. The molecule has 1 spiro atoms. The van der Waals surface area contributed by atoms with Gasteiger partial charge in [0.25, 0.3) is 0 Å². The molecule has 0 saturated heterocycles. The summed E-state index contributed by atoms with van der Waals surface area (Å²) in [4.78, 5) is 2.50. The van der Waals surface area contributed by atoms with E-state index < -0.39 is 5.41 Å². The molecule has 2 fully saturated rings. The van der Waals surface area contributed by atoms with Crippen molar-refractivity contribution in [3.8, 4) is 72.4 Å². The van der Waals surface area contributed by atoms with Crippen LogP contribution >= 0.6 is 0 Å². The van der Waals surface area contributed by atoms with Crippen LogP contribution in [0.2, 0.25) is 0 Å². The van der Waals surface area contributed by atoms with Crippen molar-refractivity contribution in [3.05, 3.63) is 312 Å². The molecule has 12 aromatic carbocycles. The molecule has 0 radical (unpaired) electrons. The monoisotopic (exact) mass is 1090 g/mol. The standard InChI is InChI=1S/C83H64N2/c1-3-17-55(18-4-1)63-39-48-80(73(51-63)62-23-5-2-6-24-62)84(68-46-47-72-71-27-13-16-30-78(71)83(79(72)54-68)76-28-14-11-25-69(76)70-26-12-15-29-77(70)83)66-42-35-60(36-43-66)58-31-33-59(34-32-58)61-37-44-67(45-38-61)85-81-49-40-64(56-19-7-8-20-56)52-74(81)75-53-65(41-50-82(75)85)57-21-9-10-22-57/h1-6,11-18,23-54,56-57H,7-10,19-22H2. The van der Waals surface area contributed by atoms with Gasteiger partial charge >= 0.3 is 0 Å².